The van der Waals surface area contributed by atoms with Crippen LogP contribution in [0.1, 0.15) is 36.3 Å². The highest BCUT2D eigenvalue weighted by molar-refractivity contribution is 7.89. The van der Waals surface area contributed by atoms with Crippen LogP contribution in [-0.2, 0) is 21.4 Å². The SMILES string of the molecule is COc1ccc(C(=O)OCc2cc(=O)n3ccsc3n2)cc1S(=O)(=O)N1C[C@H](C)C[C@H](C)C1. The molecule has 0 amide bonds. The summed E-state index contributed by atoms with van der Waals surface area (Å²) in [7, 11) is -2.48. The summed E-state index contributed by atoms with van der Waals surface area (Å²) in [5.41, 5.74) is 0.116. The molecule has 1 saturated heterocycles. The van der Waals surface area contributed by atoms with Crippen molar-refractivity contribution in [3.63, 3.8) is 0 Å². The number of methoxy groups -OCH3 is 1. The van der Waals surface area contributed by atoms with Crippen LogP contribution in [0.5, 0.6) is 5.75 Å². The first-order chi connectivity index (χ1) is 15.7. The molecule has 0 aliphatic carbocycles. The molecule has 1 fully saturated rings. The fourth-order valence-corrected chi connectivity index (χ4v) is 6.73. The second-order valence-electron chi connectivity index (χ2n) is 8.35. The number of piperidine rings is 1. The normalized spacial score (nSPS) is 19.5. The molecule has 0 bridgehead atoms. The maximum absolute atomic E-state index is 13.4. The Hall–Kier alpha value is -2.76. The van der Waals surface area contributed by atoms with Gasteiger partial charge in [0.05, 0.1) is 18.4 Å². The third-order valence-corrected chi connectivity index (χ3v) is 8.17. The van der Waals surface area contributed by atoms with E-state index < -0.39 is 16.0 Å². The van der Waals surface area contributed by atoms with Gasteiger partial charge in [0.25, 0.3) is 5.56 Å². The summed E-state index contributed by atoms with van der Waals surface area (Å²) >= 11 is 1.29. The lowest BCUT2D eigenvalue weighted by atomic mass is 9.94. The Kier molecular flexibility index (Phi) is 6.55. The summed E-state index contributed by atoms with van der Waals surface area (Å²) < 4.78 is 40.2. The predicted octanol–water partition coefficient (Wildman–Crippen LogP) is 2.79. The number of carbonyl (C=O) groups is 1. The summed E-state index contributed by atoms with van der Waals surface area (Å²) in [6, 6.07) is 5.48. The van der Waals surface area contributed by atoms with Gasteiger partial charge in [-0.25, -0.2) is 18.2 Å². The topological polar surface area (TPSA) is 107 Å². The number of sulfonamides is 1. The van der Waals surface area contributed by atoms with Crippen molar-refractivity contribution in [3.8, 4) is 5.75 Å². The maximum atomic E-state index is 13.4. The summed E-state index contributed by atoms with van der Waals surface area (Å²) in [5, 5.41) is 1.74. The standard InChI is InChI=1S/C22H25N3O6S2/c1-14-8-15(2)12-24(11-14)33(28,29)19-9-16(4-5-18(19)30-3)21(27)31-13-17-10-20(26)25-6-7-32-22(25)23-17/h4-7,9-10,14-15H,8,11-13H2,1-3H3/t14-,15+. The van der Waals surface area contributed by atoms with Gasteiger partial charge in [0.15, 0.2) is 4.96 Å². The van der Waals surface area contributed by atoms with E-state index in [1.807, 2.05) is 13.8 Å². The summed E-state index contributed by atoms with van der Waals surface area (Å²) in [6.07, 6.45) is 2.58. The molecule has 3 heterocycles. The smallest absolute Gasteiger partial charge is 0.338 e. The number of nitrogens with zero attached hydrogens (tertiary/aromatic N) is 3. The number of hydrogen-bond acceptors (Lipinski definition) is 8. The second kappa shape index (κ2) is 9.24. The van der Waals surface area contributed by atoms with Gasteiger partial charge in [-0.2, -0.15) is 4.31 Å². The Bertz CT molecular complexity index is 1340. The zero-order valence-corrected chi connectivity index (χ0v) is 20.2. The number of fused-ring (bicyclic) bond motifs is 1. The number of hydrogen-bond donors (Lipinski definition) is 0. The molecule has 11 heteroatoms. The van der Waals surface area contributed by atoms with Crippen LogP contribution in [0.15, 0.2) is 45.5 Å². The minimum atomic E-state index is -3.87. The average Bonchev–Trinajstić information content (AvgIpc) is 3.25. The molecule has 0 saturated carbocycles. The lowest BCUT2D eigenvalue weighted by molar-refractivity contribution is 0.0467. The Labute approximate surface area is 195 Å². The van der Waals surface area contributed by atoms with E-state index in [0.29, 0.717) is 23.7 Å². The molecule has 1 aliphatic rings. The number of aromatic nitrogens is 2. The second-order valence-corrected chi connectivity index (χ2v) is 11.1. The Morgan fingerprint density at radius 2 is 1.94 bits per heavy atom. The van der Waals surface area contributed by atoms with E-state index in [1.54, 1.807) is 11.6 Å². The molecular formula is C22H25N3O6S2. The van der Waals surface area contributed by atoms with Gasteiger partial charge in [-0.05, 0) is 36.5 Å². The van der Waals surface area contributed by atoms with E-state index in [2.05, 4.69) is 4.98 Å². The van der Waals surface area contributed by atoms with Crippen LogP contribution in [0.2, 0.25) is 0 Å². The number of esters is 1. The fraction of sp³-hybridized carbons (Fsp3) is 0.409. The molecule has 176 valence electrons. The number of rotatable bonds is 6. The Morgan fingerprint density at radius 3 is 2.64 bits per heavy atom. The Morgan fingerprint density at radius 1 is 1.21 bits per heavy atom. The molecular weight excluding hydrogens is 466 g/mol. The van der Waals surface area contributed by atoms with Crippen LogP contribution in [0.25, 0.3) is 4.96 Å². The van der Waals surface area contributed by atoms with Crippen LogP contribution in [0.4, 0.5) is 0 Å². The quantitative estimate of drug-likeness (QED) is 0.488. The number of ether oxygens (including phenoxy) is 2. The van der Waals surface area contributed by atoms with Gasteiger partial charge in [-0.3, -0.25) is 9.20 Å². The highest BCUT2D eigenvalue weighted by Gasteiger charge is 2.34. The predicted molar refractivity (Wildman–Crippen MR) is 123 cm³/mol. The number of thiazole rings is 1. The first-order valence-corrected chi connectivity index (χ1v) is 12.8. The first-order valence-electron chi connectivity index (χ1n) is 10.5. The van der Waals surface area contributed by atoms with Crippen LogP contribution in [0.3, 0.4) is 0 Å². The van der Waals surface area contributed by atoms with Gasteiger partial charge >= 0.3 is 5.97 Å². The zero-order chi connectivity index (χ0) is 23.8. The highest BCUT2D eigenvalue weighted by Crippen LogP contribution is 2.32. The third-order valence-electron chi connectivity index (χ3n) is 5.56. The highest BCUT2D eigenvalue weighted by atomic mass is 32.2. The van der Waals surface area contributed by atoms with Crippen molar-refractivity contribution in [2.75, 3.05) is 20.2 Å². The zero-order valence-electron chi connectivity index (χ0n) is 18.6. The molecule has 1 aromatic carbocycles. The number of benzene rings is 1. The van der Waals surface area contributed by atoms with E-state index in [-0.39, 0.29) is 40.2 Å². The van der Waals surface area contributed by atoms with Crippen molar-refractivity contribution < 1.29 is 22.7 Å². The van der Waals surface area contributed by atoms with Gasteiger partial charge in [0.2, 0.25) is 10.0 Å². The molecule has 33 heavy (non-hydrogen) atoms. The van der Waals surface area contributed by atoms with Crippen molar-refractivity contribution >= 4 is 32.3 Å². The lowest BCUT2D eigenvalue weighted by Gasteiger charge is -2.34. The third kappa shape index (κ3) is 4.80. The van der Waals surface area contributed by atoms with Crippen molar-refractivity contribution in [2.45, 2.75) is 31.8 Å². The molecule has 3 aromatic rings. The molecule has 9 nitrogen and oxygen atoms in total. The van der Waals surface area contributed by atoms with Crippen LogP contribution in [-0.4, -0.2) is 48.3 Å². The fourth-order valence-electron chi connectivity index (χ4n) is 4.13. The van der Waals surface area contributed by atoms with Crippen molar-refractivity contribution in [3.05, 3.63) is 57.5 Å². The van der Waals surface area contributed by atoms with Gasteiger partial charge in [-0.15, -0.1) is 11.3 Å². The maximum Gasteiger partial charge on any atom is 0.338 e. The first kappa shape index (κ1) is 23.4. The van der Waals surface area contributed by atoms with Crippen LogP contribution in [0, 0.1) is 11.8 Å². The van der Waals surface area contributed by atoms with E-state index in [4.69, 9.17) is 9.47 Å². The van der Waals surface area contributed by atoms with E-state index in [0.717, 1.165) is 6.42 Å². The van der Waals surface area contributed by atoms with Gasteiger partial charge in [0, 0.05) is 30.7 Å². The van der Waals surface area contributed by atoms with Gasteiger partial charge < -0.3 is 9.47 Å². The molecule has 0 radical (unpaired) electrons. The summed E-state index contributed by atoms with van der Waals surface area (Å²) in [4.78, 5) is 29.5. The van der Waals surface area contributed by atoms with Crippen LogP contribution < -0.4 is 10.3 Å². The molecule has 4 rings (SSSR count). The molecule has 2 atom stereocenters. The van der Waals surface area contributed by atoms with Gasteiger partial charge in [0.1, 0.15) is 17.3 Å². The van der Waals surface area contributed by atoms with Crippen molar-refractivity contribution in [1.29, 1.82) is 0 Å². The largest absolute Gasteiger partial charge is 0.495 e. The molecule has 0 spiro atoms. The summed E-state index contributed by atoms with van der Waals surface area (Å²) in [6.45, 7) is 4.67. The van der Waals surface area contributed by atoms with Crippen LogP contribution >= 0.6 is 11.3 Å². The molecule has 1 aliphatic heterocycles. The van der Waals surface area contributed by atoms with E-state index in [1.165, 1.54) is 51.4 Å². The lowest BCUT2D eigenvalue weighted by Crippen LogP contribution is -2.42. The van der Waals surface area contributed by atoms with E-state index >= 15 is 0 Å². The van der Waals surface area contributed by atoms with Crippen molar-refractivity contribution in [1.82, 2.24) is 13.7 Å². The minimum absolute atomic E-state index is 0.0707. The molecule has 0 N–H and O–H groups in total. The number of carbonyl (C=O) groups excluding carboxylic acids is 1. The molecule has 0 unspecified atom stereocenters. The van der Waals surface area contributed by atoms with Gasteiger partial charge in [-0.1, -0.05) is 13.8 Å². The van der Waals surface area contributed by atoms with Crippen molar-refractivity contribution in [2.24, 2.45) is 11.8 Å². The van der Waals surface area contributed by atoms with E-state index in [9.17, 15) is 18.0 Å². The Balaban J connectivity index is 1.57. The monoisotopic (exact) mass is 491 g/mol. The molecule has 2 aromatic heterocycles. The minimum Gasteiger partial charge on any atom is -0.495 e. The summed E-state index contributed by atoms with van der Waals surface area (Å²) in [5.74, 6) is -0.0854. The average molecular weight is 492 g/mol.